The van der Waals surface area contributed by atoms with Gasteiger partial charge in [-0.15, -0.1) is 0 Å². The minimum Gasteiger partial charge on any atom is -0.490 e. The summed E-state index contributed by atoms with van der Waals surface area (Å²) in [6.07, 6.45) is 0.276. The molecule has 0 spiro atoms. The Balaban J connectivity index is 1.60. The molecule has 2 N–H and O–H groups in total. The van der Waals surface area contributed by atoms with Gasteiger partial charge < -0.3 is 14.3 Å². The molecule has 3 atom stereocenters. The molecule has 0 bridgehead atoms. The van der Waals surface area contributed by atoms with Crippen LogP contribution in [0.25, 0.3) is 11.0 Å². The van der Waals surface area contributed by atoms with Crippen molar-refractivity contribution in [3.05, 3.63) is 65.4 Å². The number of rotatable bonds is 5. The Morgan fingerprint density at radius 1 is 1.24 bits per heavy atom. The quantitative estimate of drug-likeness (QED) is 0.735. The summed E-state index contributed by atoms with van der Waals surface area (Å²) in [5.74, 6) is 1.61. The van der Waals surface area contributed by atoms with Crippen LogP contribution in [0.4, 0.5) is 0 Å². The first kappa shape index (κ1) is 16.2. The van der Waals surface area contributed by atoms with Crippen molar-refractivity contribution in [1.82, 2.24) is 5.32 Å². The number of fused-ring (bicyclic) bond motifs is 2. The maximum absolute atomic E-state index is 10.4. The van der Waals surface area contributed by atoms with Crippen LogP contribution in [0.1, 0.15) is 42.8 Å². The smallest absolute Gasteiger partial charge is 0.176 e. The molecule has 0 radical (unpaired) electrons. The monoisotopic (exact) mass is 337 g/mol. The van der Waals surface area contributed by atoms with Crippen LogP contribution in [-0.4, -0.2) is 17.8 Å². The van der Waals surface area contributed by atoms with Crippen LogP contribution in [0.5, 0.6) is 5.75 Å². The van der Waals surface area contributed by atoms with Crippen LogP contribution >= 0.6 is 0 Å². The zero-order chi connectivity index (χ0) is 17.4. The predicted molar refractivity (Wildman–Crippen MR) is 97.8 cm³/mol. The predicted octanol–water partition coefficient (Wildman–Crippen LogP) is 4.14. The van der Waals surface area contributed by atoms with Crippen molar-refractivity contribution < 1.29 is 14.3 Å². The lowest BCUT2D eigenvalue weighted by Crippen LogP contribution is -2.30. The van der Waals surface area contributed by atoms with E-state index >= 15 is 0 Å². The van der Waals surface area contributed by atoms with E-state index in [9.17, 15) is 5.11 Å². The number of aliphatic hydroxyl groups excluding tert-OH is 1. The Hall–Kier alpha value is -2.30. The molecule has 130 valence electrons. The highest BCUT2D eigenvalue weighted by molar-refractivity contribution is 5.83. The third-order valence-electron chi connectivity index (χ3n) is 4.89. The number of ether oxygens (including phenoxy) is 1. The minimum atomic E-state index is -0.414. The number of benzene rings is 2. The van der Waals surface area contributed by atoms with Gasteiger partial charge in [-0.2, -0.15) is 0 Å². The summed E-state index contributed by atoms with van der Waals surface area (Å²) in [6, 6.07) is 16.1. The van der Waals surface area contributed by atoms with Crippen LogP contribution in [0.2, 0.25) is 0 Å². The zero-order valence-electron chi connectivity index (χ0n) is 14.5. The lowest BCUT2D eigenvalue weighted by molar-refractivity contribution is 0.134. The summed E-state index contributed by atoms with van der Waals surface area (Å²) >= 11 is 0. The van der Waals surface area contributed by atoms with Crippen molar-refractivity contribution in [3.8, 4) is 5.75 Å². The summed E-state index contributed by atoms with van der Waals surface area (Å²) in [5.41, 5.74) is 3.16. The van der Waals surface area contributed by atoms with Crippen LogP contribution < -0.4 is 10.1 Å². The fourth-order valence-corrected chi connectivity index (χ4v) is 3.67. The molecule has 0 aliphatic heterocycles. The molecule has 3 aromatic rings. The molecule has 1 heterocycles. The first-order valence-electron chi connectivity index (χ1n) is 8.84. The Morgan fingerprint density at radius 3 is 2.92 bits per heavy atom. The average molecular weight is 337 g/mol. The lowest BCUT2D eigenvalue weighted by Gasteiger charge is -2.22. The minimum absolute atomic E-state index is 0.0207. The summed E-state index contributed by atoms with van der Waals surface area (Å²) < 4.78 is 11.7. The van der Waals surface area contributed by atoms with E-state index < -0.39 is 6.10 Å². The molecule has 1 aliphatic carbocycles. The van der Waals surface area contributed by atoms with Crippen molar-refractivity contribution >= 4 is 11.0 Å². The van der Waals surface area contributed by atoms with E-state index in [1.807, 2.05) is 43.3 Å². The number of hydrogen-bond donors (Lipinski definition) is 2. The number of hydrogen-bond acceptors (Lipinski definition) is 4. The highest BCUT2D eigenvalue weighted by atomic mass is 16.5. The van der Waals surface area contributed by atoms with Crippen LogP contribution in [0.3, 0.4) is 0 Å². The van der Waals surface area contributed by atoms with Gasteiger partial charge in [0, 0.05) is 11.8 Å². The Labute approximate surface area is 147 Å². The molecule has 0 saturated heterocycles. The second-order valence-corrected chi connectivity index (χ2v) is 6.59. The summed E-state index contributed by atoms with van der Waals surface area (Å²) in [4.78, 5) is 0. The van der Waals surface area contributed by atoms with E-state index in [2.05, 4.69) is 24.4 Å². The molecule has 0 amide bonds. The largest absolute Gasteiger partial charge is 0.490 e. The van der Waals surface area contributed by atoms with Crippen LogP contribution in [0.15, 0.2) is 52.9 Å². The first-order valence-corrected chi connectivity index (χ1v) is 8.84. The second-order valence-electron chi connectivity index (χ2n) is 6.59. The number of nitrogens with one attached hydrogen (secondary N) is 1. The van der Waals surface area contributed by atoms with Crippen molar-refractivity contribution in [3.63, 3.8) is 0 Å². The molecule has 25 heavy (non-hydrogen) atoms. The van der Waals surface area contributed by atoms with E-state index in [1.165, 1.54) is 11.1 Å². The van der Waals surface area contributed by atoms with Gasteiger partial charge in [0.1, 0.15) is 5.76 Å². The zero-order valence-corrected chi connectivity index (χ0v) is 14.5. The van der Waals surface area contributed by atoms with E-state index in [0.29, 0.717) is 13.0 Å². The molecule has 0 fully saturated rings. The van der Waals surface area contributed by atoms with E-state index in [1.54, 1.807) is 0 Å². The van der Waals surface area contributed by atoms with Gasteiger partial charge in [-0.05, 0) is 37.1 Å². The lowest BCUT2D eigenvalue weighted by atomic mass is 10.1. The van der Waals surface area contributed by atoms with Crippen molar-refractivity contribution in [2.75, 3.05) is 6.61 Å². The Morgan fingerprint density at radius 2 is 2.08 bits per heavy atom. The van der Waals surface area contributed by atoms with E-state index in [0.717, 1.165) is 22.5 Å². The van der Waals surface area contributed by atoms with Gasteiger partial charge in [0.25, 0.3) is 0 Å². The molecule has 3 unspecified atom stereocenters. The average Bonchev–Trinajstić information content (AvgIpc) is 3.18. The Bertz CT molecular complexity index is 886. The topological polar surface area (TPSA) is 54.6 Å². The Kier molecular flexibility index (Phi) is 4.24. The van der Waals surface area contributed by atoms with Gasteiger partial charge in [-0.25, -0.2) is 0 Å². The second kappa shape index (κ2) is 6.54. The SMILES string of the molecule is CCOc1cccc2cc(C(C)NC3c4ccccc4CC3O)oc12. The molecule has 4 nitrogen and oxygen atoms in total. The summed E-state index contributed by atoms with van der Waals surface area (Å²) in [7, 11) is 0. The molecule has 1 aromatic heterocycles. The molecular weight excluding hydrogens is 314 g/mol. The number of aliphatic hydroxyl groups is 1. The summed E-state index contributed by atoms with van der Waals surface area (Å²) in [6.45, 7) is 4.63. The van der Waals surface area contributed by atoms with E-state index in [4.69, 9.17) is 9.15 Å². The molecule has 1 aliphatic rings. The number of furan rings is 1. The van der Waals surface area contributed by atoms with Gasteiger partial charge >= 0.3 is 0 Å². The molecule has 0 saturated carbocycles. The standard InChI is InChI=1S/C21H23NO3/c1-3-24-18-10-6-8-15-12-19(25-21(15)18)13(2)22-20-16-9-5-4-7-14(16)11-17(20)23/h4-10,12-13,17,20,22-23H,3,11H2,1-2H3. The third kappa shape index (κ3) is 2.92. The van der Waals surface area contributed by atoms with Gasteiger partial charge in [0.05, 0.1) is 24.8 Å². The van der Waals surface area contributed by atoms with Gasteiger partial charge in [-0.3, -0.25) is 5.32 Å². The van der Waals surface area contributed by atoms with Gasteiger partial charge in [0.15, 0.2) is 11.3 Å². The van der Waals surface area contributed by atoms with Crippen LogP contribution in [-0.2, 0) is 6.42 Å². The molecule has 2 aromatic carbocycles. The number of para-hydroxylation sites is 1. The molecule has 4 rings (SSSR count). The first-order chi connectivity index (χ1) is 12.2. The highest BCUT2D eigenvalue weighted by Crippen LogP contribution is 2.35. The van der Waals surface area contributed by atoms with Gasteiger partial charge in [-0.1, -0.05) is 36.4 Å². The van der Waals surface area contributed by atoms with Crippen molar-refractivity contribution in [2.45, 2.75) is 38.5 Å². The van der Waals surface area contributed by atoms with Crippen molar-refractivity contribution in [2.24, 2.45) is 0 Å². The fourth-order valence-electron chi connectivity index (χ4n) is 3.67. The maximum atomic E-state index is 10.4. The molecule has 4 heteroatoms. The maximum Gasteiger partial charge on any atom is 0.176 e. The normalized spacial score (nSPS) is 20.6. The molecular formula is C21H23NO3. The fraction of sp³-hybridized carbons (Fsp3) is 0.333. The van der Waals surface area contributed by atoms with Crippen LogP contribution in [0, 0.1) is 0 Å². The van der Waals surface area contributed by atoms with Crippen molar-refractivity contribution in [1.29, 1.82) is 0 Å². The highest BCUT2D eigenvalue weighted by Gasteiger charge is 2.32. The summed E-state index contributed by atoms with van der Waals surface area (Å²) in [5, 5.41) is 15.0. The van der Waals surface area contributed by atoms with E-state index in [-0.39, 0.29) is 12.1 Å². The third-order valence-corrected chi connectivity index (χ3v) is 4.89. The van der Waals surface area contributed by atoms with Gasteiger partial charge in [0.2, 0.25) is 0 Å².